The number of hydrogen-bond acceptors (Lipinski definition) is 4. The fraction of sp³-hybridized carbons (Fsp3) is 0.357. The van der Waals surface area contributed by atoms with E-state index in [-0.39, 0.29) is 0 Å². The highest BCUT2D eigenvalue weighted by atomic mass is 16.5. The molecule has 0 saturated heterocycles. The number of rotatable bonds is 7. The maximum absolute atomic E-state index is 5.39. The number of hydrogen-bond donors (Lipinski definition) is 2. The van der Waals surface area contributed by atoms with E-state index in [1.807, 2.05) is 24.4 Å². The quantitative estimate of drug-likeness (QED) is 0.746. The molecule has 102 valence electrons. The first-order valence-electron chi connectivity index (χ1n) is 6.24. The van der Waals surface area contributed by atoms with Crippen LogP contribution in [0.15, 0.2) is 30.6 Å². The number of ether oxygens (including phenoxy) is 2. The maximum atomic E-state index is 5.39. The summed E-state index contributed by atoms with van der Waals surface area (Å²) in [7, 11) is 3.30. The van der Waals surface area contributed by atoms with Gasteiger partial charge in [0.2, 0.25) is 0 Å². The molecule has 0 amide bonds. The summed E-state index contributed by atoms with van der Waals surface area (Å²) in [6.45, 7) is 1.59. The van der Waals surface area contributed by atoms with Crippen molar-refractivity contribution in [2.24, 2.45) is 0 Å². The summed E-state index contributed by atoms with van der Waals surface area (Å²) in [5.74, 6) is 2.54. The SMILES string of the molecule is COc1cccc(CNCCc2ncc[nH]2)c1OC. The molecule has 2 aromatic rings. The molecule has 0 spiro atoms. The topological polar surface area (TPSA) is 59.2 Å². The first-order valence-corrected chi connectivity index (χ1v) is 6.24. The van der Waals surface area contributed by atoms with Gasteiger partial charge in [-0.15, -0.1) is 0 Å². The molecule has 1 aromatic heterocycles. The zero-order valence-electron chi connectivity index (χ0n) is 11.3. The van der Waals surface area contributed by atoms with Crippen LogP contribution in [0.1, 0.15) is 11.4 Å². The van der Waals surface area contributed by atoms with Crippen LogP contribution in [-0.4, -0.2) is 30.7 Å². The number of aromatic amines is 1. The summed E-state index contributed by atoms with van der Waals surface area (Å²) in [5, 5.41) is 3.37. The second-order valence-electron chi connectivity index (χ2n) is 4.12. The van der Waals surface area contributed by atoms with E-state index in [1.54, 1.807) is 20.4 Å². The van der Waals surface area contributed by atoms with Crippen molar-refractivity contribution in [1.82, 2.24) is 15.3 Å². The van der Waals surface area contributed by atoms with Gasteiger partial charge in [-0.25, -0.2) is 4.98 Å². The van der Waals surface area contributed by atoms with Crippen LogP contribution in [0.2, 0.25) is 0 Å². The van der Waals surface area contributed by atoms with Crippen LogP contribution in [0.25, 0.3) is 0 Å². The molecule has 0 aliphatic rings. The van der Waals surface area contributed by atoms with Crippen LogP contribution >= 0.6 is 0 Å². The number of aromatic nitrogens is 2. The molecular formula is C14H19N3O2. The van der Waals surface area contributed by atoms with Crippen molar-refractivity contribution >= 4 is 0 Å². The lowest BCUT2D eigenvalue weighted by molar-refractivity contribution is 0.350. The van der Waals surface area contributed by atoms with Crippen molar-refractivity contribution in [3.05, 3.63) is 42.0 Å². The Morgan fingerprint density at radius 3 is 2.84 bits per heavy atom. The van der Waals surface area contributed by atoms with Crippen LogP contribution in [0.3, 0.4) is 0 Å². The monoisotopic (exact) mass is 261 g/mol. The summed E-state index contributed by atoms with van der Waals surface area (Å²) >= 11 is 0. The Balaban J connectivity index is 1.88. The zero-order valence-corrected chi connectivity index (χ0v) is 11.3. The predicted molar refractivity (Wildman–Crippen MR) is 73.5 cm³/mol. The highest BCUT2D eigenvalue weighted by Crippen LogP contribution is 2.30. The van der Waals surface area contributed by atoms with Crippen LogP contribution in [0, 0.1) is 0 Å². The van der Waals surface area contributed by atoms with Gasteiger partial charge < -0.3 is 19.8 Å². The van der Waals surface area contributed by atoms with Crippen molar-refractivity contribution in [3.63, 3.8) is 0 Å². The number of nitrogens with zero attached hydrogens (tertiary/aromatic N) is 1. The van der Waals surface area contributed by atoms with Gasteiger partial charge in [0.05, 0.1) is 14.2 Å². The molecule has 1 aromatic carbocycles. The standard InChI is InChI=1S/C14H19N3O2/c1-18-12-5-3-4-11(14(12)19-2)10-15-7-6-13-16-8-9-17-13/h3-5,8-9,15H,6-7,10H2,1-2H3,(H,16,17). The summed E-state index contributed by atoms with van der Waals surface area (Å²) < 4.78 is 10.7. The summed E-state index contributed by atoms with van der Waals surface area (Å²) in [4.78, 5) is 7.26. The number of methoxy groups -OCH3 is 2. The third kappa shape index (κ3) is 3.48. The van der Waals surface area contributed by atoms with Crippen molar-refractivity contribution < 1.29 is 9.47 Å². The van der Waals surface area contributed by atoms with E-state index in [4.69, 9.17) is 9.47 Å². The van der Waals surface area contributed by atoms with Gasteiger partial charge in [-0.2, -0.15) is 0 Å². The molecule has 0 atom stereocenters. The molecule has 0 fully saturated rings. The molecule has 0 aliphatic carbocycles. The highest BCUT2D eigenvalue weighted by Gasteiger charge is 2.08. The molecule has 0 radical (unpaired) electrons. The Hall–Kier alpha value is -2.01. The van der Waals surface area contributed by atoms with Crippen molar-refractivity contribution in [3.8, 4) is 11.5 Å². The normalized spacial score (nSPS) is 10.4. The lowest BCUT2D eigenvalue weighted by Crippen LogP contribution is -2.17. The van der Waals surface area contributed by atoms with E-state index in [9.17, 15) is 0 Å². The number of imidazole rings is 1. The molecule has 1 heterocycles. The smallest absolute Gasteiger partial charge is 0.165 e. The van der Waals surface area contributed by atoms with Crippen molar-refractivity contribution in [2.75, 3.05) is 20.8 Å². The summed E-state index contributed by atoms with van der Waals surface area (Å²) in [5.41, 5.74) is 1.08. The van der Waals surface area contributed by atoms with Gasteiger partial charge in [-0.05, 0) is 6.07 Å². The van der Waals surface area contributed by atoms with E-state index in [1.165, 1.54) is 0 Å². The van der Waals surface area contributed by atoms with Crippen molar-refractivity contribution in [2.45, 2.75) is 13.0 Å². The van der Waals surface area contributed by atoms with Crippen molar-refractivity contribution in [1.29, 1.82) is 0 Å². The third-order valence-corrected chi connectivity index (χ3v) is 2.89. The maximum Gasteiger partial charge on any atom is 0.165 e. The third-order valence-electron chi connectivity index (χ3n) is 2.89. The Bertz CT molecular complexity index is 497. The Morgan fingerprint density at radius 2 is 2.16 bits per heavy atom. The Kier molecular flexibility index (Phi) is 4.80. The van der Waals surface area contributed by atoms with Crippen LogP contribution < -0.4 is 14.8 Å². The minimum absolute atomic E-state index is 0.737. The molecule has 2 rings (SSSR count). The first-order chi connectivity index (χ1) is 9.35. The molecule has 5 nitrogen and oxygen atoms in total. The molecule has 19 heavy (non-hydrogen) atoms. The average molecular weight is 261 g/mol. The molecule has 0 aliphatic heterocycles. The Morgan fingerprint density at radius 1 is 1.26 bits per heavy atom. The van der Waals surface area contributed by atoms with E-state index in [0.717, 1.165) is 42.4 Å². The van der Waals surface area contributed by atoms with Gasteiger partial charge >= 0.3 is 0 Å². The van der Waals surface area contributed by atoms with Crippen LogP contribution in [-0.2, 0) is 13.0 Å². The largest absolute Gasteiger partial charge is 0.493 e. The first kappa shape index (κ1) is 13.4. The molecule has 5 heteroatoms. The lowest BCUT2D eigenvalue weighted by atomic mass is 10.2. The van der Waals surface area contributed by atoms with Gasteiger partial charge in [0, 0.05) is 37.5 Å². The van der Waals surface area contributed by atoms with Gasteiger partial charge in [-0.3, -0.25) is 0 Å². The fourth-order valence-corrected chi connectivity index (χ4v) is 1.96. The van der Waals surface area contributed by atoms with Crippen LogP contribution in [0.4, 0.5) is 0 Å². The molecule has 2 N–H and O–H groups in total. The predicted octanol–water partition coefficient (Wildman–Crippen LogP) is 1.76. The molecular weight excluding hydrogens is 242 g/mol. The summed E-state index contributed by atoms with van der Waals surface area (Å²) in [6.07, 6.45) is 4.47. The van der Waals surface area contributed by atoms with E-state index in [0.29, 0.717) is 0 Å². The Labute approximate surface area is 113 Å². The highest BCUT2D eigenvalue weighted by molar-refractivity contribution is 5.46. The average Bonchev–Trinajstić information content (AvgIpc) is 2.96. The molecule has 0 bridgehead atoms. The minimum Gasteiger partial charge on any atom is -0.493 e. The van der Waals surface area contributed by atoms with E-state index in [2.05, 4.69) is 15.3 Å². The minimum atomic E-state index is 0.737. The molecule has 0 unspecified atom stereocenters. The number of H-pyrrole nitrogens is 1. The van der Waals surface area contributed by atoms with E-state index >= 15 is 0 Å². The van der Waals surface area contributed by atoms with Crippen LogP contribution in [0.5, 0.6) is 11.5 Å². The lowest BCUT2D eigenvalue weighted by Gasteiger charge is -2.12. The van der Waals surface area contributed by atoms with Gasteiger partial charge in [0.15, 0.2) is 11.5 Å². The van der Waals surface area contributed by atoms with Gasteiger partial charge in [0.1, 0.15) is 5.82 Å². The zero-order chi connectivity index (χ0) is 13.5. The summed E-state index contributed by atoms with van der Waals surface area (Å²) in [6, 6.07) is 5.89. The van der Waals surface area contributed by atoms with E-state index < -0.39 is 0 Å². The van der Waals surface area contributed by atoms with Gasteiger partial charge in [0.25, 0.3) is 0 Å². The molecule has 0 saturated carbocycles. The number of benzene rings is 1. The second-order valence-corrected chi connectivity index (χ2v) is 4.12. The fourth-order valence-electron chi connectivity index (χ4n) is 1.96. The second kappa shape index (κ2) is 6.80. The van der Waals surface area contributed by atoms with Gasteiger partial charge in [-0.1, -0.05) is 12.1 Å². The number of para-hydroxylation sites is 1. The number of nitrogens with one attached hydrogen (secondary N) is 2.